The molecule has 0 fully saturated rings. The van der Waals surface area contributed by atoms with Crippen molar-refractivity contribution in [2.24, 2.45) is 0 Å². The van der Waals surface area contributed by atoms with Crippen LogP contribution in [0.4, 0.5) is 5.13 Å². The molecular formula is C18H17BrN2O2S. The molecule has 24 heavy (non-hydrogen) atoms. The van der Waals surface area contributed by atoms with Crippen molar-refractivity contribution < 1.29 is 9.53 Å². The van der Waals surface area contributed by atoms with Gasteiger partial charge in [-0.1, -0.05) is 39.4 Å². The van der Waals surface area contributed by atoms with E-state index in [0.29, 0.717) is 17.4 Å². The summed E-state index contributed by atoms with van der Waals surface area (Å²) < 4.78 is 7.81. The van der Waals surface area contributed by atoms with E-state index in [1.165, 1.54) is 11.3 Å². The molecule has 0 saturated heterocycles. The maximum Gasteiger partial charge on any atom is 0.269 e. The molecule has 124 valence electrons. The number of anilines is 1. The van der Waals surface area contributed by atoms with Crippen LogP contribution in [-0.2, 0) is 4.79 Å². The Balaban J connectivity index is 1.78. The van der Waals surface area contributed by atoms with Gasteiger partial charge in [-0.25, -0.2) is 4.98 Å². The van der Waals surface area contributed by atoms with E-state index >= 15 is 0 Å². The van der Waals surface area contributed by atoms with E-state index in [1.807, 2.05) is 55.5 Å². The maximum absolute atomic E-state index is 12.8. The van der Waals surface area contributed by atoms with Crippen molar-refractivity contribution in [2.75, 3.05) is 11.4 Å². The largest absolute Gasteiger partial charge is 0.481 e. The number of carbonyl (C=O) groups is 1. The molecule has 0 saturated carbocycles. The number of para-hydroxylation sites is 1. The first kappa shape index (κ1) is 16.9. The van der Waals surface area contributed by atoms with Crippen LogP contribution in [0.1, 0.15) is 13.8 Å². The van der Waals surface area contributed by atoms with Gasteiger partial charge in [-0.05, 0) is 50.2 Å². The summed E-state index contributed by atoms with van der Waals surface area (Å²) >= 11 is 4.90. The van der Waals surface area contributed by atoms with Gasteiger partial charge in [0.05, 0.1) is 10.2 Å². The summed E-state index contributed by atoms with van der Waals surface area (Å²) in [6, 6.07) is 15.3. The minimum Gasteiger partial charge on any atom is -0.481 e. The number of fused-ring (bicyclic) bond motifs is 1. The molecule has 0 aliphatic heterocycles. The number of likely N-dealkylation sites (N-methyl/N-ethyl adjacent to an activating group) is 1. The van der Waals surface area contributed by atoms with Crippen LogP contribution in [0.25, 0.3) is 10.2 Å². The van der Waals surface area contributed by atoms with Crippen molar-refractivity contribution in [1.29, 1.82) is 0 Å². The number of thiazole rings is 1. The van der Waals surface area contributed by atoms with Crippen LogP contribution in [0.2, 0.25) is 0 Å². The van der Waals surface area contributed by atoms with E-state index in [9.17, 15) is 4.79 Å². The summed E-state index contributed by atoms with van der Waals surface area (Å²) in [6.45, 7) is 4.25. The number of nitrogens with zero attached hydrogens (tertiary/aromatic N) is 2. The van der Waals surface area contributed by atoms with Crippen LogP contribution >= 0.6 is 27.3 Å². The summed E-state index contributed by atoms with van der Waals surface area (Å²) in [5.74, 6) is 0.568. The molecule has 0 radical (unpaired) electrons. The van der Waals surface area contributed by atoms with E-state index in [0.717, 1.165) is 14.7 Å². The molecule has 1 aromatic heterocycles. The first-order chi connectivity index (χ1) is 11.6. The van der Waals surface area contributed by atoms with Gasteiger partial charge >= 0.3 is 0 Å². The van der Waals surface area contributed by atoms with Crippen molar-refractivity contribution in [3.05, 3.63) is 53.0 Å². The Morgan fingerprint density at radius 3 is 2.62 bits per heavy atom. The van der Waals surface area contributed by atoms with Gasteiger partial charge in [0.2, 0.25) is 0 Å². The monoisotopic (exact) mass is 404 g/mol. The molecule has 3 aromatic rings. The van der Waals surface area contributed by atoms with E-state index < -0.39 is 6.10 Å². The number of hydrogen-bond acceptors (Lipinski definition) is 4. The number of carbonyl (C=O) groups excluding carboxylic acids is 1. The molecule has 0 bridgehead atoms. The van der Waals surface area contributed by atoms with Crippen LogP contribution in [0.15, 0.2) is 53.0 Å². The molecule has 1 heterocycles. The lowest BCUT2D eigenvalue weighted by Gasteiger charge is -2.22. The van der Waals surface area contributed by atoms with Gasteiger partial charge in [0, 0.05) is 11.0 Å². The van der Waals surface area contributed by atoms with Gasteiger partial charge in [-0.2, -0.15) is 0 Å². The summed E-state index contributed by atoms with van der Waals surface area (Å²) in [7, 11) is 0. The quantitative estimate of drug-likeness (QED) is 0.608. The third-order valence-corrected chi connectivity index (χ3v) is 5.16. The number of rotatable bonds is 5. The van der Waals surface area contributed by atoms with Crippen molar-refractivity contribution in [3.8, 4) is 5.75 Å². The molecule has 6 heteroatoms. The fourth-order valence-corrected chi connectivity index (χ4v) is 3.65. The molecular weight excluding hydrogens is 388 g/mol. The fraction of sp³-hybridized carbons (Fsp3) is 0.222. The average molecular weight is 405 g/mol. The Morgan fingerprint density at radius 2 is 1.96 bits per heavy atom. The first-order valence-corrected chi connectivity index (χ1v) is 9.28. The molecule has 4 nitrogen and oxygen atoms in total. The summed E-state index contributed by atoms with van der Waals surface area (Å²) in [5.41, 5.74) is 0.908. The third kappa shape index (κ3) is 3.60. The first-order valence-electron chi connectivity index (χ1n) is 7.67. The minimum absolute atomic E-state index is 0.0977. The van der Waals surface area contributed by atoms with Crippen molar-refractivity contribution in [3.63, 3.8) is 0 Å². The molecule has 0 aliphatic carbocycles. The number of halogens is 1. The van der Waals surface area contributed by atoms with Crippen LogP contribution in [0, 0.1) is 0 Å². The van der Waals surface area contributed by atoms with Crippen molar-refractivity contribution >= 4 is 48.5 Å². The molecule has 1 amide bonds. The standard InChI is InChI=1S/C18H17BrN2O2S/c1-3-21(18-20-15-6-4-5-7-16(15)24-18)17(22)12(2)23-14-10-8-13(19)9-11-14/h4-12H,3H2,1-2H3. The second kappa shape index (κ2) is 7.32. The zero-order chi connectivity index (χ0) is 17.1. The van der Waals surface area contributed by atoms with Gasteiger partial charge in [0.15, 0.2) is 11.2 Å². The van der Waals surface area contributed by atoms with Gasteiger partial charge < -0.3 is 4.74 Å². The fourth-order valence-electron chi connectivity index (χ4n) is 2.35. The van der Waals surface area contributed by atoms with E-state index in [1.54, 1.807) is 11.8 Å². The molecule has 1 unspecified atom stereocenters. The average Bonchev–Trinajstić information content (AvgIpc) is 3.01. The summed E-state index contributed by atoms with van der Waals surface area (Å²) in [5, 5.41) is 0.704. The zero-order valence-electron chi connectivity index (χ0n) is 13.4. The smallest absolute Gasteiger partial charge is 0.269 e. The molecule has 2 aromatic carbocycles. The Labute approximate surface area is 153 Å². The van der Waals surface area contributed by atoms with Gasteiger partial charge in [-0.15, -0.1) is 0 Å². The highest BCUT2D eigenvalue weighted by Crippen LogP contribution is 2.29. The zero-order valence-corrected chi connectivity index (χ0v) is 15.8. The highest BCUT2D eigenvalue weighted by Gasteiger charge is 2.24. The second-order valence-corrected chi connectivity index (χ2v) is 7.19. The van der Waals surface area contributed by atoms with Crippen LogP contribution in [-0.4, -0.2) is 23.5 Å². The highest BCUT2D eigenvalue weighted by molar-refractivity contribution is 9.10. The summed E-state index contributed by atoms with van der Waals surface area (Å²) in [4.78, 5) is 19.0. The lowest BCUT2D eigenvalue weighted by atomic mass is 10.3. The van der Waals surface area contributed by atoms with Crippen LogP contribution in [0.5, 0.6) is 5.75 Å². The summed E-state index contributed by atoms with van der Waals surface area (Å²) in [6.07, 6.45) is -0.585. The van der Waals surface area contributed by atoms with E-state index in [-0.39, 0.29) is 5.91 Å². The van der Waals surface area contributed by atoms with E-state index in [2.05, 4.69) is 20.9 Å². The number of hydrogen-bond donors (Lipinski definition) is 0. The Kier molecular flexibility index (Phi) is 5.16. The second-order valence-electron chi connectivity index (χ2n) is 5.26. The predicted octanol–water partition coefficient (Wildman–Crippen LogP) is 4.88. The number of benzene rings is 2. The van der Waals surface area contributed by atoms with Crippen molar-refractivity contribution in [1.82, 2.24) is 4.98 Å². The van der Waals surface area contributed by atoms with E-state index in [4.69, 9.17) is 4.74 Å². The SMILES string of the molecule is CCN(C(=O)C(C)Oc1ccc(Br)cc1)c1nc2ccccc2s1. The Bertz CT molecular complexity index is 815. The predicted molar refractivity (Wildman–Crippen MR) is 102 cm³/mol. The lowest BCUT2D eigenvalue weighted by molar-refractivity contribution is -0.124. The molecule has 3 rings (SSSR count). The highest BCUT2D eigenvalue weighted by atomic mass is 79.9. The molecule has 0 aliphatic rings. The van der Waals surface area contributed by atoms with Crippen LogP contribution < -0.4 is 9.64 Å². The van der Waals surface area contributed by atoms with Gasteiger partial charge in [0.1, 0.15) is 5.75 Å². The molecule has 0 spiro atoms. The number of aromatic nitrogens is 1. The normalized spacial score (nSPS) is 12.1. The van der Waals surface area contributed by atoms with Gasteiger partial charge in [-0.3, -0.25) is 9.69 Å². The number of amides is 1. The minimum atomic E-state index is -0.585. The third-order valence-electron chi connectivity index (χ3n) is 3.57. The van der Waals surface area contributed by atoms with Gasteiger partial charge in [0.25, 0.3) is 5.91 Å². The maximum atomic E-state index is 12.8. The van der Waals surface area contributed by atoms with Crippen LogP contribution in [0.3, 0.4) is 0 Å². The Morgan fingerprint density at radius 1 is 1.25 bits per heavy atom. The molecule has 0 N–H and O–H groups in total. The Hall–Kier alpha value is -1.92. The van der Waals surface area contributed by atoms with Crippen molar-refractivity contribution in [2.45, 2.75) is 20.0 Å². The number of ether oxygens (including phenoxy) is 1. The lowest BCUT2D eigenvalue weighted by Crippen LogP contribution is -2.40. The molecule has 1 atom stereocenters. The topological polar surface area (TPSA) is 42.4 Å².